The zero-order chi connectivity index (χ0) is 21.9. The number of aliphatic hydroxyl groups excluding tert-OH is 1. The maximum absolute atomic E-state index is 9.10. The van der Waals surface area contributed by atoms with Crippen molar-refractivity contribution in [3.05, 3.63) is 59.7 Å². The molecule has 8 heteroatoms. The van der Waals surface area contributed by atoms with Crippen LogP contribution in [0.4, 0.5) is 5.69 Å². The van der Waals surface area contributed by atoms with Crippen LogP contribution in [0.5, 0.6) is 5.75 Å². The highest BCUT2D eigenvalue weighted by Gasteiger charge is 2.03. The number of hydrogen-bond donors (Lipinski definition) is 3. The number of nitrogens with one attached hydrogen (secondary N) is 2. The Kier molecular flexibility index (Phi) is 9.53. The van der Waals surface area contributed by atoms with Gasteiger partial charge in [-0.25, -0.2) is 0 Å². The van der Waals surface area contributed by atoms with Crippen LogP contribution in [-0.2, 0) is 13.0 Å². The fourth-order valence-electron chi connectivity index (χ4n) is 2.42. The molecule has 0 fully saturated rings. The fourth-order valence-corrected chi connectivity index (χ4v) is 2.81. The summed E-state index contributed by atoms with van der Waals surface area (Å²) < 4.78 is 5.13. The van der Waals surface area contributed by atoms with E-state index in [0.717, 1.165) is 38.9 Å². The molecule has 0 saturated heterocycles. The summed E-state index contributed by atoms with van der Waals surface area (Å²) in [5.41, 5.74) is 7.16. The minimum absolute atomic E-state index is 0.0416. The number of aliphatic imine (C=N–C) groups is 1. The molecule has 0 aromatic heterocycles. The van der Waals surface area contributed by atoms with Crippen LogP contribution in [0, 0.1) is 0 Å². The van der Waals surface area contributed by atoms with Crippen LogP contribution in [0.25, 0.3) is 0 Å². The molecule has 2 aromatic carbocycles. The van der Waals surface area contributed by atoms with Crippen molar-refractivity contribution in [1.29, 1.82) is 0 Å². The highest BCUT2D eigenvalue weighted by atomic mass is 32.1. The maximum Gasteiger partial charge on any atom is 0.191 e. The van der Waals surface area contributed by atoms with Crippen molar-refractivity contribution in [1.82, 2.24) is 5.43 Å². The van der Waals surface area contributed by atoms with Gasteiger partial charge in [0.1, 0.15) is 5.75 Å². The van der Waals surface area contributed by atoms with E-state index in [-0.39, 0.29) is 6.61 Å². The largest absolute Gasteiger partial charge is 0.497 e. The van der Waals surface area contributed by atoms with Crippen molar-refractivity contribution in [2.24, 2.45) is 10.1 Å². The number of rotatable bonds is 9. The van der Waals surface area contributed by atoms with E-state index in [1.165, 1.54) is 0 Å². The molecule has 158 valence electrons. The Morgan fingerprint density at radius 2 is 1.60 bits per heavy atom. The van der Waals surface area contributed by atoms with Gasteiger partial charge in [0.25, 0.3) is 0 Å². The number of methoxy groups -OCH3 is 1. The Balaban J connectivity index is 1.82. The molecule has 0 radical (unpaired) electrons. The van der Waals surface area contributed by atoms with E-state index in [1.54, 1.807) is 7.11 Å². The van der Waals surface area contributed by atoms with Gasteiger partial charge in [0.05, 0.1) is 31.7 Å². The summed E-state index contributed by atoms with van der Waals surface area (Å²) in [4.78, 5) is 5.36. The lowest BCUT2D eigenvalue weighted by Crippen LogP contribution is -2.26. The third kappa shape index (κ3) is 7.98. The molecule has 0 spiro atoms. The normalized spacial score (nSPS) is 11.7. The summed E-state index contributed by atoms with van der Waals surface area (Å²) in [6.07, 6.45) is 0.669. The van der Waals surface area contributed by atoms with Gasteiger partial charge in [-0.15, -0.1) is 0 Å². The quantitative estimate of drug-likeness (QED) is 0.310. The Bertz CT molecular complexity index is 846. The van der Waals surface area contributed by atoms with Gasteiger partial charge in [0, 0.05) is 17.0 Å². The van der Waals surface area contributed by atoms with Crippen molar-refractivity contribution < 1.29 is 9.84 Å². The van der Waals surface area contributed by atoms with Gasteiger partial charge in [-0.3, -0.25) is 10.4 Å². The van der Waals surface area contributed by atoms with Gasteiger partial charge in [-0.1, -0.05) is 36.5 Å². The second-order valence-electron chi connectivity index (χ2n) is 6.58. The lowest BCUT2D eigenvalue weighted by Gasteiger charge is -2.09. The lowest BCUT2D eigenvalue weighted by molar-refractivity contribution is 0.282. The Labute approximate surface area is 188 Å². The molecular formula is C22H26N4O2S2. The van der Waals surface area contributed by atoms with Crippen LogP contribution in [0.3, 0.4) is 0 Å². The number of aliphatic hydroxyl groups is 1. The van der Waals surface area contributed by atoms with E-state index in [0.29, 0.717) is 18.1 Å². The molecular weight excluding hydrogens is 416 g/mol. The van der Waals surface area contributed by atoms with Crippen LogP contribution in [0.1, 0.15) is 25.0 Å². The van der Waals surface area contributed by atoms with E-state index in [4.69, 9.17) is 34.3 Å². The summed E-state index contributed by atoms with van der Waals surface area (Å²) in [6.45, 7) is 4.24. The van der Waals surface area contributed by atoms with Gasteiger partial charge in [-0.2, -0.15) is 5.10 Å². The van der Waals surface area contributed by atoms with E-state index in [9.17, 15) is 0 Å². The molecule has 0 amide bonds. The number of nitrogens with zero attached hydrogens (tertiary/aromatic N) is 2. The molecule has 0 unspecified atom stereocenters. The molecule has 0 bridgehead atoms. The van der Waals surface area contributed by atoms with E-state index in [2.05, 4.69) is 20.8 Å². The van der Waals surface area contributed by atoms with Crippen molar-refractivity contribution in [2.45, 2.75) is 26.9 Å². The number of hydrazone groups is 1. The average Bonchev–Trinajstić information content (AvgIpc) is 2.76. The number of thiocarbonyl (C=S) groups is 2. The van der Waals surface area contributed by atoms with Gasteiger partial charge in [0.2, 0.25) is 0 Å². The third-order valence-electron chi connectivity index (χ3n) is 4.30. The van der Waals surface area contributed by atoms with Crippen molar-refractivity contribution in [3.8, 4) is 5.75 Å². The van der Waals surface area contributed by atoms with Gasteiger partial charge in [-0.05, 0) is 61.5 Å². The molecule has 2 aromatic rings. The van der Waals surface area contributed by atoms with Crippen LogP contribution < -0.4 is 15.5 Å². The highest BCUT2D eigenvalue weighted by Crippen LogP contribution is 2.14. The van der Waals surface area contributed by atoms with Gasteiger partial charge in [0.15, 0.2) is 5.11 Å². The second-order valence-corrected chi connectivity index (χ2v) is 7.57. The fraction of sp³-hybridized carbons (Fsp3) is 0.273. The van der Waals surface area contributed by atoms with Crippen molar-refractivity contribution >= 4 is 51.5 Å². The lowest BCUT2D eigenvalue weighted by atomic mass is 10.1. The van der Waals surface area contributed by atoms with Crippen LogP contribution in [0.15, 0.2) is 58.6 Å². The first-order valence-electron chi connectivity index (χ1n) is 9.38. The van der Waals surface area contributed by atoms with Gasteiger partial charge < -0.3 is 15.2 Å². The molecule has 2 rings (SSSR count). The molecule has 0 saturated carbocycles. The SMILES string of the molecule is COc1ccc(NC(=S)N/N=C(\C)C(C)=NCC(=S)Cc2ccc(CO)cc2)cc1. The van der Waals surface area contributed by atoms with Crippen LogP contribution in [0.2, 0.25) is 0 Å². The highest BCUT2D eigenvalue weighted by molar-refractivity contribution is 7.80. The van der Waals surface area contributed by atoms with E-state index in [1.807, 2.05) is 62.4 Å². The van der Waals surface area contributed by atoms with Crippen LogP contribution >= 0.6 is 24.4 Å². The van der Waals surface area contributed by atoms with Crippen molar-refractivity contribution in [2.75, 3.05) is 19.0 Å². The summed E-state index contributed by atoms with van der Waals surface area (Å²) in [6, 6.07) is 15.2. The minimum Gasteiger partial charge on any atom is -0.497 e. The molecule has 3 N–H and O–H groups in total. The number of ether oxygens (including phenoxy) is 1. The first-order valence-corrected chi connectivity index (χ1v) is 10.2. The summed E-state index contributed by atoms with van der Waals surface area (Å²) in [5.74, 6) is 0.778. The monoisotopic (exact) mass is 442 g/mol. The van der Waals surface area contributed by atoms with E-state index >= 15 is 0 Å². The number of hydrogen-bond acceptors (Lipinski definition) is 6. The first kappa shape index (κ1) is 23.6. The topological polar surface area (TPSA) is 78.2 Å². The Hall–Kier alpha value is -2.68. The second kappa shape index (κ2) is 12.1. The molecule has 0 heterocycles. The Morgan fingerprint density at radius 3 is 2.20 bits per heavy atom. The molecule has 6 nitrogen and oxygen atoms in total. The molecule has 0 aliphatic rings. The molecule has 0 atom stereocenters. The Morgan fingerprint density at radius 1 is 0.967 bits per heavy atom. The standard InChI is InChI=1S/C22H26N4O2S2/c1-15(23-13-21(29)12-17-4-6-18(14-27)7-5-17)16(2)25-26-22(30)24-19-8-10-20(28-3)11-9-19/h4-11,27H,12-14H2,1-3H3,(H2,24,26,30)/b23-15?,25-16+. The minimum atomic E-state index is 0.0416. The molecule has 0 aliphatic heterocycles. The smallest absolute Gasteiger partial charge is 0.191 e. The van der Waals surface area contributed by atoms with Crippen molar-refractivity contribution in [3.63, 3.8) is 0 Å². The third-order valence-corrected chi connectivity index (χ3v) is 4.76. The zero-order valence-electron chi connectivity index (χ0n) is 17.3. The van der Waals surface area contributed by atoms with Gasteiger partial charge >= 0.3 is 0 Å². The van der Waals surface area contributed by atoms with Crippen LogP contribution in [-0.4, -0.2) is 40.2 Å². The van der Waals surface area contributed by atoms with E-state index < -0.39 is 0 Å². The summed E-state index contributed by atoms with van der Waals surface area (Å²) >= 11 is 10.7. The summed E-state index contributed by atoms with van der Waals surface area (Å²) in [7, 11) is 1.62. The average molecular weight is 443 g/mol. The number of benzene rings is 2. The summed E-state index contributed by atoms with van der Waals surface area (Å²) in [5, 5.41) is 16.8. The zero-order valence-corrected chi connectivity index (χ0v) is 18.9. The predicted molar refractivity (Wildman–Crippen MR) is 132 cm³/mol. The first-order chi connectivity index (χ1) is 14.4. The molecule has 0 aliphatic carbocycles. The maximum atomic E-state index is 9.10. The number of anilines is 1. The molecule has 30 heavy (non-hydrogen) atoms. The predicted octanol–water partition coefficient (Wildman–Crippen LogP) is 3.92.